The number of hydrogen-bond acceptors (Lipinski definition) is 8. The summed E-state index contributed by atoms with van der Waals surface area (Å²) < 4.78 is 34.3. The van der Waals surface area contributed by atoms with Crippen LogP contribution < -0.4 is 0 Å². The molecule has 8 nitrogen and oxygen atoms in total. The number of esters is 2. The molecular formula is C24H29O8P. The van der Waals surface area contributed by atoms with Crippen molar-refractivity contribution in [3.63, 3.8) is 0 Å². The zero-order chi connectivity index (χ0) is 23.6. The van der Waals surface area contributed by atoms with Crippen LogP contribution in [0.4, 0.5) is 0 Å². The Balaban J connectivity index is 1.76. The van der Waals surface area contributed by atoms with E-state index in [-0.39, 0.29) is 6.42 Å². The minimum absolute atomic E-state index is 0.147. The SMILES string of the molecule is CCOP(OCC)OC1C[C@@H](OC(=O)c2ccccc2)[C@H](OC(=O)c2ccccc2)[C@@H](C)O1. The van der Waals surface area contributed by atoms with Crippen molar-refractivity contribution >= 4 is 20.5 Å². The first-order valence-corrected chi connectivity index (χ1v) is 12.0. The first-order valence-electron chi connectivity index (χ1n) is 10.9. The molecule has 3 rings (SSSR count). The van der Waals surface area contributed by atoms with E-state index in [1.165, 1.54) is 0 Å². The van der Waals surface area contributed by atoms with E-state index in [9.17, 15) is 9.59 Å². The van der Waals surface area contributed by atoms with Crippen LogP contribution in [-0.2, 0) is 27.8 Å². The van der Waals surface area contributed by atoms with Crippen LogP contribution in [0.15, 0.2) is 60.7 Å². The minimum Gasteiger partial charge on any atom is -0.455 e. The third-order valence-corrected chi connectivity index (χ3v) is 6.16. The number of rotatable bonds is 10. The topological polar surface area (TPSA) is 89.5 Å². The van der Waals surface area contributed by atoms with Gasteiger partial charge in [0.15, 0.2) is 12.4 Å². The molecule has 1 saturated heterocycles. The van der Waals surface area contributed by atoms with Crippen molar-refractivity contribution in [1.29, 1.82) is 0 Å². The molecule has 0 radical (unpaired) electrons. The molecule has 1 aliphatic rings. The van der Waals surface area contributed by atoms with Crippen molar-refractivity contribution in [3.05, 3.63) is 71.8 Å². The third-order valence-electron chi connectivity index (χ3n) is 4.81. The molecule has 2 aromatic rings. The van der Waals surface area contributed by atoms with Gasteiger partial charge in [-0.05, 0) is 45.0 Å². The molecule has 2 aromatic carbocycles. The van der Waals surface area contributed by atoms with Gasteiger partial charge in [0.1, 0.15) is 6.10 Å². The third kappa shape index (κ3) is 7.32. The van der Waals surface area contributed by atoms with Crippen LogP contribution in [0.2, 0.25) is 0 Å². The second kappa shape index (κ2) is 12.8. The Kier molecular flexibility index (Phi) is 9.78. The van der Waals surface area contributed by atoms with Gasteiger partial charge < -0.3 is 23.3 Å². The highest BCUT2D eigenvalue weighted by Crippen LogP contribution is 2.43. The van der Waals surface area contributed by atoms with Gasteiger partial charge >= 0.3 is 20.5 Å². The molecule has 0 bridgehead atoms. The van der Waals surface area contributed by atoms with E-state index in [0.29, 0.717) is 24.3 Å². The summed E-state index contributed by atoms with van der Waals surface area (Å²) in [7, 11) is -1.63. The summed E-state index contributed by atoms with van der Waals surface area (Å²) in [5.74, 6) is -1.05. The van der Waals surface area contributed by atoms with E-state index >= 15 is 0 Å². The van der Waals surface area contributed by atoms with Gasteiger partial charge in [0.2, 0.25) is 0 Å². The fourth-order valence-corrected chi connectivity index (χ4v) is 4.25. The molecule has 178 valence electrons. The number of carbonyl (C=O) groups excluding carboxylic acids is 2. The molecule has 0 amide bonds. The highest BCUT2D eigenvalue weighted by molar-refractivity contribution is 7.41. The lowest BCUT2D eigenvalue weighted by Crippen LogP contribution is -2.51. The van der Waals surface area contributed by atoms with Crippen molar-refractivity contribution in [1.82, 2.24) is 0 Å². The molecule has 1 fully saturated rings. The number of hydrogen-bond donors (Lipinski definition) is 0. The van der Waals surface area contributed by atoms with Crippen LogP contribution >= 0.6 is 8.60 Å². The molecule has 4 atom stereocenters. The smallest absolute Gasteiger partial charge is 0.338 e. The zero-order valence-electron chi connectivity index (χ0n) is 18.9. The molecule has 1 unspecified atom stereocenters. The summed E-state index contributed by atoms with van der Waals surface area (Å²) in [6, 6.07) is 17.3. The van der Waals surface area contributed by atoms with E-state index in [2.05, 4.69) is 0 Å². The monoisotopic (exact) mass is 476 g/mol. The second-order valence-electron chi connectivity index (χ2n) is 7.22. The Morgan fingerprint density at radius 1 is 0.879 bits per heavy atom. The molecule has 0 aromatic heterocycles. The molecule has 0 spiro atoms. The molecule has 33 heavy (non-hydrogen) atoms. The summed E-state index contributed by atoms with van der Waals surface area (Å²) >= 11 is 0. The first kappa shape index (κ1) is 25.3. The maximum absolute atomic E-state index is 12.8. The Morgan fingerprint density at radius 2 is 1.39 bits per heavy atom. The Labute approximate surface area is 195 Å². The van der Waals surface area contributed by atoms with Crippen molar-refractivity contribution in [2.75, 3.05) is 13.2 Å². The predicted molar refractivity (Wildman–Crippen MR) is 122 cm³/mol. The summed E-state index contributed by atoms with van der Waals surface area (Å²) in [5, 5.41) is 0. The van der Waals surface area contributed by atoms with E-state index < -0.39 is 45.1 Å². The van der Waals surface area contributed by atoms with Crippen LogP contribution in [0, 0.1) is 0 Å². The number of ether oxygens (including phenoxy) is 3. The zero-order valence-corrected chi connectivity index (χ0v) is 19.8. The molecule has 1 heterocycles. The predicted octanol–water partition coefficient (Wildman–Crippen LogP) is 4.89. The van der Waals surface area contributed by atoms with Gasteiger partial charge in [0, 0.05) is 6.42 Å². The van der Waals surface area contributed by atoms with Crippen LogP contribution in [-0.4, -0.2) is 49.8 Å². The van der Waals surface area contributed by atoms with E-state index in [1.807, 2.05) is 26.0 Å². The fraction of sp³-hybridized carbons (Fsp3) is 0.417. The molecule has 1 aliphatic heterocycles. The fourth-order valence-electron chi connectivity index (χ4n) is 3.30. The standard InChI is InChI=1S/C24H29O8P/c1-4-27-33(28-5-2)32-21-16-20(30-23(25)18-12-8-6-9-13-18)22(17(3)29-21)31-24(26)19-14-10-7-11-15-19/h6-15,17,20-22H,4-5,16H2,1-3H3/t17-,20-,21?,22-/m1/s1. The maximum Gasteiger partial charge on any atom is 0.338 e. The molecule has 9 heteroatoms. The Morgan fingerprint density at radius 3 is 1.91 bits per heavy atom. The van der Waals surface area contributed by atoms with Crippen molar-refractivity contribution in [2.24, 2.45) is 0 Å². The van der Waals surface area contributed by atoms with Crippen LogP contribution in [0.1, 0.15) is 47.9 Å². The molecular weight excluding hydrogens is 447 g/mol. The minimum atomic E-state index is -1.63. The van der Waals surface area contributed by atoms with Gasteiger partial charge in [-0.15, -0.1) is 0 Å². The molecule has 0 N–H and O–H groups in total. The summed E-state index contributed by atoms with van der Waals surface area (Å²) in [5.41, 5.74) is 0.792. The van der Waals surface area contributed by atoms with E-state index in [0.717, 1.165) is 0 Å². The van der Waals surface area contributed by atoms with Gasteiger partial charge in [-0.3, -0.25) is 4.52 Å². The average molecular weight is 476 g/mol. The highest BCUT2D eigenvalue weighted by atomic mass is 31.2. The number of benzene rings is 2. The highest BCUT2D eigenvalue weighted by Gasteiger charge is 2.43. The summed E-state index contributed by atoms with van der Waals surface area (Å²) in [4.78, 5) is 25.5. The quantitative estimate of drug-likeness (QED) is 0.354. The molecule has 0 saturated carbocycles. The van der Waals surface area contributed by atoms with E-state index in [1.54, 1.807) is 55.5 Å². The van der Waals surface area contributed by atoms with E-state index in [4.69, 9.17) is 27.8 Å². The summed E-state index contributed by atoms with van der Waals surface area (Å²) in [6.07, 6.45) is -2.83. The van der Waals surface area contributed by atoms with Crippen molar-refractivity contribution in [3.8, 4) is 0 Å². The Hall–Kier alpha value is -2.35. The largest absolute Gasteiger partial charge is 0.455 e. The van der Waals surface area contributed by atoms with Crippen LogP contribution in [0.25, 0.3) is 0 Å². The van der Waals surface area contributed by atoms with Gasteiger partial charge in [-0.25, -0.2) is 9.59 Å². The average Bonchev–Trinajstić information content (AvgIpc) is 2.82. The van der Waals surface area contributed by atoms with Gasteiger partial charge in [0.25, 0.3) is 0 Å². The Bertz CT molecular complexity index is 873. The normalized spacial score (nSPS) is 22.7. The van der Waals surface area contributed by atoms with Gasteiger partial charge in [0.05, 0.1) is 30.4 Å². The maximum atomic E-state index is 12.8. The van der Waals surface area contributed by atoms with Gasteiger partial charge in [-0.2, -0.15) is 0 Å². The van der Waals surface area contributed by atoms with Crippen LogP contribution in [0.5, 0.6) is 0 Å². The second-order valence-corrected chi connectivity index (χ2v) is 8.39. The lowest BCUT2D eigenvalue weighted by Gasteiger charge is -2.39. The lowest BCUT2D eigenvalue weighted by molar-refractivity contribution is -0.219. The van der Waals surface area contributed by atoms with Crippen molar-refractivity contribution in [2.45, 2.75) is 51.8 Å². The number of carbonyl (C=O) groups is 2. The van der Waals surface area contributed by atoms with Crippen molar-refractivity contribution < 1.29 is 37.4 Å². The van der Waals surface area contributed by atoms with Crippen LogP contribution in [0.3, 0.4) is 0 Å². The summed E-state index contributed by atoms with van der Waals surface area (Å²) in [6.45, 7) is 6.25. The molecule has 0 aliphatic carbocycles. The van der Waals surface area contributed by atoms with Gasteiger partial charge in [-0.1, -0.05) is 36.4 Å². The lowest BCUT2D eigenvalue weighted by atomic mass is 10.0. The first-order chi connectivity index (χ1) is 16.0.